The number of hydrogen-bond donors (Lipinski definition) is 0. The van der Waals surface area contributed by atoms with E-state index in [1.165, 1.54) is 5.57 Å². The topological polar surface area (TPSA) is 20.3 Å². The molecule has 0 radical (unpaired) electrons. The second-order valence-corrected chi connectivity index (χ2v) is 4.41. The van der Waals surface area contributed by atoms with Crippen molar-refractivity contribution in [1.82, 2.24) is 4.90 Å². The second kappa shape index (κ2) is 12.2. The Bertz CT molecular complexity index is 246. The number of hydrogen-bond acceptors (Lipinski definition) is 2. The molecule has 0 aliphatic rings. The molecular formula is C13H21Cl2NO. The van der Waals surface area contributed by atoms with Crippen LogP contribution < -0.4 is 0 Å². The van der Waals surface area contributed by atoms with Crippen LogP contribution in [0.5, 0.6) is 0 Å². The first kappa shape index (κ1) is 16.7. The maximum absolute atomic E-state index is 10.3. The van der Waals surface area contributed by atoms with Gasteiger partial charge in [-0.1, -0.05) is 23.8 Å². The Morgan fingerprint density at radius 2 is 1.88 bits per heavy atom. The Morgan fingerprint density at radius 3 is 2.35 bits per heavy atom. The number of aldehydes is 1. The highest BCUT2D eigenvalue weighted by Crippen LogP contribution is 2.05. The summed E-state index contributed by atoms with van der Waals surface area (Å²) < 4.78 is 0. The van der Waals surface area contributed by atoms with Crippen molar-refractivity contribution in [3.63, 3.8) is 0 Å². The molecule has 0 aromatic carbocycles. The van der Waals surface area contributed by atoms with Crippen LogP contribution in [0.4, 0.5) is 0 Å². The molecule has 17 heavy (non-hydrogen) atoms. The maximum atomic E-state index is 10.3. The molecule has 0 heterocycles. The van der Waals surface area contributed by atoms with Gasteiger partial charge >= 0.3 is 0 Å². The Kier molecular flexibility index (Phi) is 11.9. The molecule has 0 aromatic heterocycles. The van der Waals surface area contributed by atoms with Crippen molar-refractivity contribution in [2.75, 3.05) is 31.4 Å². The molecule has 0 unspecified atom stereocenters. The minimum absolute atomic E-state index is 0.580. The fraction of sp³-hybridized carbons (Fsp3) is 0.615. The zero-order valence-electron chi connectivity index (χ0n) is 10.4. The molecule has 98 valence electrons. The van der Waals surface area contributed by atoms with Gasteiger partial charge in [-0.3, -0.25) is 4.90 Å². The number of halogens is 2. The third-order valence-corrected chi connectivity index (χ3v) is 2.76. The predicted molar refractivity (Wildman–Crippen MR) is 76.1 cm³/mol. The van der Waals surface area contributed by atoms with Crippen molar-refractivity contribution in [3.8, 4) is 0 Å². The van der Waals surface area contributed by atoms with E-state index in [-0.39, 0.29) is 0 Å². The Morgan fingerprint density at radius 1 is 1.24 bits per heavy atom. The molecule has 0 rings (SSSR count). The van der Waals surface area contributed by atoms with Crippen LogP contribution in [0.25, 0.3) is 0 Å². The summed E-state index contributed by atoms with van der Waals surface area (Å²) in [7, 11) is 0. The van der Waals surface area contributed by atoms with E-state index in [0.29, 0.717) is 18.2 Å². The van der Waals surface area contributed by atoms with Crippen LogP contribution in [-0.4, -0.2) is 42.6 Å². The van der Waals surface area contributed by atoms with E-state index in [4.69, 9.17) is 23.2 Å². The summed E-state index contributed by atoms with van der Waals surface area (Å²) in [6.07, 6.45) is 8.54. The van der Waals surface area contributed by atoms with Crippen LogP contribution in [0.2, 0.25) is 0 Å². The van der Waals surface area contributed by atoms with E-state index in [0.717, 1.165) is 32.3 Å². The van der Waals surface area contributed by atoms with Gasteiger partial charge in [0, 0.05) is 37.8 Å². The van der Waals surface area contributed by atoms with Gasteiger partial charge in [-0.05, 0) is 13.3 Å². The Balaban J connectivity index is 4.06. The quantitative estimate of drug-likeness (QED) is 0.347. The number of allylic oxidation sites excluding steroid dienone is 3. The first-order valence-electron chi connectivity index (χ1n) is 5.88. The van der Waals surface area contributed by atoms with Gasteiger partial charge in [-0.15, -0.1) is 23.2 Å². The third-order valence-electron chi connectivity index (χ3n) is 2.42. The summed E-state index contributed by atoms with van der Waals surface area (Å²) in [5.74, 6) is 1.23. The average molecular weight is 278 g/mol. The minimum Gasteiger partial charge on any atom is -0.303 e. The molecule has 2 nitrogen and oxygen atoms in total. The predicted octanol–water partition coefficient (Wildman–Crippen LogP) is 3.25. The van der Waals surface area contributed by atoms with Gasteiger partial charge in [0.1, 0.15) is 6.29 Å². The molecule has 0 aliphatic heterocycles. The van der Waals surface area contributed by atoms with E-state index >= 15 is 0 Å². The number of rotatable bonds is 10. The fourth-order valence-electron chi connectivity index (χ4n) is 1.44. The van der Waals surface area contributed by atoms with Crippen molar-refractivity contribution >= 4 is 29.5 Å². The van der Waals surface area contributed by atoms with E-state index in [9.17, 15) is 4.79 Å². The minimum atomic E-state index is 0.580. The van der Waals surface area contributed by atoms with Crippen LogP contribution >= 0.6 is 23.2 Å². The van der Waals surface area contributed by atoms with Crippen LogP contribution in [0.1, 0.15) is 19.8 Å². The number of carbonyl (C=O) groups is 1. The SMILES string of the molecule is C/C=C(\C=C/CN(CCCl)CCCl)CCC=O. The highest BCUT2D eigenvalue weighted by molar-refractivity contribution is 6.18. The molecule has 0 saturated carbocycles. The lowest BCUT2D eigenvalue weighted by Crippen LogP contribution is -2.28. The molecule has 0 amide bonds. The van der Waals surface area contributed by atoms with E-state index < -0.39 is 0 Å². The first-order valence-corrected chi connectivity index (χ1v) is 6.95. The zero-order chi connectivity index (χ0) is 12.9. The molecule has 0 atom stereocenters. The maximum Gasteiger partial charge on any atom is 0.120 e. The van der Waals surface area contributed by atoms with Crippen molar-refractivity contribution in [1.29, 1.82) is 0 Å². The van der Waals surface area contributed by atoms with Gasteiger partial charge in [0.25, 0.3) is 0 Å². The molecule has 0 aromatic rings. The third kappa shape index (κ3) is 9.40. The molecule has 4 heteroatoms. The van der Waals surface area contributed by atoms with Gasteiger partial charge in [0.2, 0.25) is 0 Å². The summed E-state index contributed by atoms with van der Waals surface area (Å²) in [4.78, 5) is 12.5. The smallest absolute Gasteiger partial charge is 0.120 e. The number of alkyl halides is 2. The highest BCUT2D eigenvalue weighted by Gasteiger charge is 2.00. The molecular weight excluding hydrogens is 257 g/mol. The molecule has 0 bridgehead atoms. The highest BCUT2D eigenvalue weighted by atomic mass is 35.5. The normalized spacial score (nSPS) is 12.6. The standard InChI is InChI=1S/C13H21Cl2NO/c1-2-13(6-4-12-17)5-3-9-16(10-7-14)11-8-15/h2-3,5,12H,4,6-11H2,1H3/b5-3-,13-2+. The summed E-state index contributed by atoms with van der Waals surface area (Å²) in [5, 5.41) is 0. The second-order valence-electron chi connectivity index (χ2n) is 3.65. The molecule has 0 saturated heterocycles. The van der Waals surface area contributed by atoms with Crippen molar-refractivity contribution in [2.24, 2.45) is 0 Å². The Labute approximate surface area is 114 Å². The van der Waals surface area contributed by atoms with E-state index in [1.54, 1.807) is 0 Å². The van der Waals surface area contributed by atoms with Crippen molar-refractivity contribution < 1.29 is 4.79 Å². The van der Waals surface area contributed by atoms with Gasteiger partial charge in [-0.25, -0.2) is 0 Å². The average Bonchev–Trinajstić information content (AvgIpc) is 2.34. The van der Waals surface area contributed by atoms with Crippen molar-refractivity contribution in [3.05, 3.63) is 23.8 Å². The first-order chi connectivity index (χ1) is 8.28. The van der Waals surface area contributed by atoms with Crippen LogP contribution in [-0.2, 0) is 4.79 Å². The molecule has 0 N–H and O–H groups in total. The van der Waals surface area contributed by atoms with Gasteiger partial charge in [-0.2, -0.15) is 0 Å². The van der Waals surface area contributed by atoms with Crippen LogP contribution in [0.3, 0.4) is 0 Å². The summed E-state index contributed by atoms with van der Waals surface area (Å²) in [6.45, 7) is 4.52. The lowest BCUT2D eigenvalue weighted by atomic mass is 10.1. The van der Waals surface area contributed by atoms with E-state index in [2.05, 4.69) is 17.1 Å². The lowest BCUT2D eigenvalue weighted by molar-refractivity contribution is -0.107. The summed E-state index contributed by atoms with van der Waals surface area (Å²) in [6, 6.07) is 0. The molecule has 0 spiro atoms. The molecule has 0 fully saturated rings. The summed E-state index contributed by atoms with van der Waals surface area (Å²) >= 11 is 11.4. The number of nitrogens with zero attached hydrogens (tertiary/aromatic N) is 1. The van der Waals surface area contributed by atoms with Crippen LogP contribution in [0.15, 0.2) is 23.8 Å². The summed E-state index contributed by atoms with van der Waals surface area (Å²) in [5.41, 5.74) is 1.19. The van der Waals surface area contributed by atoms with Crippen LogP contribution in [0, 0.1) is 0 Å². The Hall–Kier alpha value is -0.310. The van der Waals surface area contributed by atoms with Gasteiger partial charge in [0.15, 0.2) is 0 Å². The molecule has 0 aliphatic carbocycles. The monoisotopic (exact) mass is 277 g/mol. The fourth-order valence-corrected chi connectivity index (χ4v) is 1.91. The van der Waals surface area contributed by atoms with Gasteiger partial charge in [0.05, 0.1) is 0 Å². The lowest BCUT2D eigenvalue weighted by Gasteiger charge is -2.17. The largest absolute Gasteiger partial charge is 0.303 e. The van der Waals surface area contributed by atoms with E-state index in [1.807, 2.05) is 13.0 Å². The number of carbonyl (C=O) groups excluding carboxylic acids is 1. The van der Waals surface area contributed by atoms with Gasteiger partial charge < -0.3 is 4.79 Å². The van der Waals surface area contributed by atoms with Crippen molar-refractivity contribution in [2.45, 2.75) is 19.8 Å². The zero-order valence-corrected chi connectivity index (χ0v) is 11.9.